The fraction of sp³-hybridized carbons (Fsp3) is 0.133. The third-order valence-corrected chi connectivity index (χ3v) is 2.95. The van der Waals surface area contributed by atoms with E-state index < -0.39 is 0 Å². The maximum atomic E-state index is 12.0. The summed E-state index contributed by atoms with van der Waals surface area (Å²) in [5.41, 5.74) is 1.58. The summed E-state index contributed by atoms with van der Waals surface area (Å²) in [6, 6.07) is 14.4. The van der Waals surface area contributed by atoms with Gasteiger partial charge in [0.1, 0.15) is 5.75 Å². The maximum Gasteiger partial charge on any atom is 0.251 e. The zero-order chi connectivity index (χ0) is 13.7. The molecule has 0 atom stereocenters. The van der Waals surface area contributed by atoms with Gasteiger partial charge in [-0.25, -0.2) is 0 Å². The first-order valence-corrected chi connectivity index (χ1v) is 6.23. The van der Waals surface area contributed by atoms with Crippen LogP contribution in [0.15, 0.2) is 48.5 Å². The van der Waals surface area contributed by atoms with Gasteiger partial charge in [-0.1, -0.05) is 29.8 Å². The fourth-order valence-electron chi connectivity index (χ4n) is 1.65. The molecular weight excluding hydrogens is 262 g/mol. The van der Waals surface area contributed by atoms with Crippen LogP contribution in [0.25, 0.3) is 0 Å². The van der Waals surface area contributed by atoms with Crippen LogP contribution < -0.4 is 10.1 Å². The minimum Gasteiger partial charge on any atom is -0.497 e. The first kappa shape index (κ1) is 13.4. The highest BCUT2D eigenvalue weighted by atomic mass is 35.5. The standard InChI is InChI=1S/C15H14ClNO2/c1-19-14-4-2-3-12(9-14)15(18)17-10-11-5-7-13(16)8-6-11/h2-9H,10H2,1H3,(H,17,18). The number of halogens is 1. The largest absolute Gasteiger partial charge is 0.497 e. The highest BCUT2D eigenvalue weighted by molar-refractivity contribution is 6.30. The van der Waals surface area contributed by atoms with Gasteiger partial charge in [0.2, 0.25) is 0 Å². The average molecular weight is 276 g/mol. The van der Waals surface area contributed by atoms with Crippen LogP contribution in [-0.2, 0) is 6.54 Å². The van der Waals surface area contributed by atoms with Crippen LogP contribution in [0.5, 0.6) is 5.75 Å². The third-order valence-electron chi connectivity index (χ3n) is 2.70. The molecule has 0 aromatic heterocycles. The van der Waals surface area contributed by atoms with Crippen molar-refractivity contribution in [1.82, 2.24) is 5.32 Å². The monoisotopic (exact) mass is 275 g/mol. The van der Waals surface area contributed by atoms with E-state index >= 15 is 0 Å². The van der Waals surface area contributed by atoms with Crippen LogP contribution in [-0.4, -0.2) is 13.0 Å². The predicted molar refractivity (Wildman–Crippen MR) is 75.6 cm³/mol. The van der Waals surface area contributed by atoms with Crippen molar-refractivity contribution >= 4 is 17.5 Å². The van der Waals surface area contributed by atoms with Crippen LogP contribution in [0.1, 0.15) is 15.9 Å². The Kier molecular flexibility index (Phi) is 4.42. The lowest BCUT2D eigenvalue weighted by molar-refractivity contribution is 0.0950. The van der Waals surface area contributed by atoms with Crippen molar-refractivity contribution in [2.24, 2.45) is 0 Å². The number of carbonyl (C=O) groups is 1. The summed E-state index contributed by atoms with van der Waals surface area (Å²) in [4.78, 5) is 12.0. The number of hydrogen-bond donors (Lipinski definition) is 1. The molecular formula is C15H14ClNO2. The van der Waals surface area contributed by atoms with Crippen LogP contribution in [0.3, 0.4) is 0 Å². The lowest BCUT2D eigenvalue weighted by atomic mass is 10.2. The minimum atomic E-state index is -0.131. The first-order chi connectivity index (χ1) is 9.19. The topological polar surface area (TPSA) is 38.3 Å². The molecule has 0 spiro atoms. The summed E-state index contributed by atoms with van der Waals surface area (Å²) in [6.45, 7) is 0.465. The molecule has 2 aromatic carbocycles. The Morgan fingerprint density at radius 1 is 1.21 bits per heavy atom. The smallest absolute Gasteiger partial charge is 0.251 e. The molecule has 2 rings (SSSR count). The second-order valence-electron chi connectivity index (χ2n) is 4.04. The quantitative estimate of drug-likeness (QED) is 0.930. The molecule has 0 saturated heterocycles. The van der Waals surface area contributed by atoms with Gasteiger partial charge in [0, 0.05) is 17.1 Å². The van der Waals surface area contributed by atoms with E-state index in [1.807, 2.05) is 12.1 Å². The summed E-state index contributed by atoms with van der Waals surface area (Å²) in [5, 5.41) is 3.53. The van der Waals surface area contributed by atoms with E-state index in [1.165, 1.54) is 0 Å². The molecule has 0 saturated carbocycles. The molecule has 98 valence electrons. The Morgan fingerprint density at radius 3 is 2.63 bits per heavy atom. The minimum absolute atomic E-state index is 0.131. The molecule has 0 radical (unpaired) electrons. The van der Waals surface area contributed by atoms with Crippen LogP contribution in [0.2, 0.25) is 5.02 Å². The number of hydrogen-bond acceptors (Lipinski definition) is 2. The number of amides is 1. The molecule has 0 aliphatic rings. The molecule has 19 heavy (non-hydrogen) atoms. The number of carbonyl (C=O) groups excluding carboxylic acids is 1. The first-order valence-electron chi connectivity index (χ1n) is 5.86. The maximum absolute atomic E-state index is 12.0. The molecule has 1 N–H and O–H groups in total. The number of ether oxygens (including phenoxy) is 1. The lowest BCUT2D eigenvalue weighted by Crippen LogP contribution is -2.22. The lowest BCUT2D eigenvalue weighted by Gasteiger charge is -2.07. The van der Waals surface area contributed by atoms with Gasteiger partial charge in [-0.3, -0.25) is 4.79 Å². The molecule has 0 unspecified atom stereocenters. The summed E-state index contributed by atoms with van der Waals surface area (Å²) in [5.74, 6) is 0.535. The van der Waals surface area contributed by atoms with Crippen molar-refractivity contribution in [2.45, 2.75) is 6.54 Å². The molecule has 4 heteroatoms. The van der Waals surface area contributed by atoms with Gasteiger partial charge in [0.05, 0.1) is 7.11 Å². The van der Waals surface area contributed by atoms with Crippen molar-refractivity contribution in [3.63, 3.8) is 0 Å². The zero-order valence-electron chi connectivity index (χ0n) is 10.5. The van der Waals surface area contributed by atoms with Gasteiger partial charge in [0.25, 0.3) is 5.91 Å². The summed E-state index contributed by atoms with van der Waals surface area (Å²) < 4.78 is 5.09. The Morgan fingerprint density at radius 2 is 1.95 bits per heavy atom. The number of benzene rings is 2. The van der Waals surface area contributed by atoms with Crippen molar-refractivity contribution < 1.29 is 9.53 Å². The molecule has 0 heterocycles. The normalized spacial score (nSPS) is 10.0. The van der Waals surface area contributed by atoms with Crippen LogP contribution in [0, 0.1) is 0 Å². The summed E-state index contributed by atoms with van der Waals surface area (Å²) in [6.07, 6.45) is 0. The molecule has 0 fully saturated rings. The Labute approximate surface area is 117 Å². The van der Waals surface area contributed by atoms with Gasteiger partial charge >= 0.3 is 0 Å². The summed E-state index contributed by atoms with van der Waals surface area (Å²) >= 11 is 5.80. The molecule has 3 nitrogen and oxygen atoms in total. The van der Waals surface area contributed by atoms with Crippen LogP contribution in [0.4, 0.5) is 0 Å². The Bertz CT molecular complexity index is 567. The van der Waals surface area contributed by atoms with Gasteiger partial charge < -0.3 is 10.1 Å². The fourth-order valence-corrected chi connectivity index (χ4v) is 1.78. The van der Waals surface area contributed by atoms with Crippen molar-refractivity contribution in [3.8, 4) is 5.75 Å². The SMILES string of the molecule is COc1cccc(C(=O)NCc2ccc(Cl)cc2)c1. The van der Waals surface area contributed by atoms with Gasteiger partial charge in [0.15, 0.2) is 0 Å². The van der Waals surface area contributed by atoms with E-state index in [1.54, 1.807) is 43.5 Å². The number of nitrogens with one attached hydrogen (secondary N) is 1. The van der Waals surface area contributed by atoms with E-state index in [9.17, 15) is 4.79 Å². The zero-order valence-corrected chi connectivity index (χ0v) is 11.3. The van der Waals surface area contributed by atoms with E-state index in [-0.39, 0.29) is 5.91 Å². The molecule has 0 aliphatic carbocycles. The van der Waals surface area contributed by atoms with E-state index in [2.05, 4.69) is 5.32 Å². The van der Waals surface area contributed by atoms with Crippen LogP contribution >= 0.6 is 11.6 Å². The molecule has 2 aromatic rings. The van der Waals surface area contributed by atoms with Crippen molar-refractivity contribution in [2.75, 3.05) is 7.11 Å². The highest BCUT2D eigenvalue weighted by Gasteiger charge is 2.06. The Hall–Kier alpha value is -2.00. The van der Waals surface area contributed by atoms with Gasteiger partial charge in [-0.2, -0.15) is 0 Å². The van der Waals surface area contributed by atoms with E-state index in [4.69, 9.17) is 16.3 Å². The van der Waals surface area contributed by atoms with E-state index in [0.717, 1.165) is 5.56 Å². The third kappa shape index (κ3) is 3.73. The molecule has 1 amide bonds. The van der Waals surface area contributed by atoms with Crippen molar-refractivity contribution in [3.05, 3.63) is 64.7 Å². The van der Waals surface area contributed by atoms with E-state index in [0.29, 0.717) is 22.9 Å². The summed E-state index contributed by atoms with van der Waals surface area (Å²) in [7, 11) is 1.57. The van der Waals surface area contributed by atoms with Gasteiger partial charge in [-0.15, -0.1) is 0 Å². The molecule has 0 aliphatic heterocycles. The predicted octanol–water partition coefficient (Wildman–Crippen LogP) is 3.28. The highest BCUT2D eigenvalue weighted by Crippen LogP contribution is 2.13. The van der Waals surface area contributed by atoms with Crippen molar-refractivity contribution in [1.29, 1.82) is 0 Å². The Balaban J connectivity index is 1.99. The number of rotatable bonds is 4. The number of methoxy groups -OCH3 is 1. The molecule has 0 bridgehead atoms. The van der Waals surface area contributed by atoms with Gasteiger partial charge in [-0.05, 0) is 35.9 Å². The average Bonchev–Trinajstić information content (AvgIpc) is 2.46. The second kappa shape index (κ2) is 6.25. The second-order valence-corrected chi connectivity index (χ2v) is 4.48.